The van der Waals surface area contributed by atoms with Gasteiger partial charge >= 0.3 is 0 Å². The van der Waals surface area contributed by atoms with E-state index < -0.39 is 0 Å². The fourth-order valence-corrected chi connectivity index (χ4v) is 3.18. The maximum atomic E-state index is 4.64. The lowest BCUT2D eigenvalue weighted by molar-refractivity contribution is 0.488. The average molecular weight is 291 g/mol. The van der Waals surface area contributed by atoms with Crippen molar-refractivity contribution in [2.75, 3.05) is 6.54 Å². The fraction of sp³-hybridized carbons (Fsp3) is 0.562. The molecular formula is C16H25N3S. The van der Waals surface area contributed by atoms with Gasteiger partial charge in [0.15, 0.2) is 5.16 Å². The summed E-state index contributed by atoms with van der Waals surface area (Å²) in [5.41, 5.74) is 3.45. The van der Waals surface area contributed by atoms with Gasteiger partial charge in [-0.1, -0.05) is 38.6 Å². The molecule has 0 saturated heterocycles. The molecule has 1 unspecified atom stereocenters. The number of hydrogen-bond acceptors (Lipinski definition) is 3. The zero-order valence-electron chi connectivity index (χ0n) is 12.9. The van der Waals surface area contributed by atoms with Gasteiger partial charge in [-0.05, 0) is 37.5 Å². The van der Waals surface area contributed by atoms with E-state index in [0.29, 0.717) is 11.3 Å². The van der Waals surface area contributed by atoms with Crippen LogP contribution in [-0.2, 0) is 0 Å². The second-order valence-corrected chi connectivity index (χ2v) is 6.84. The van der Waals surface area contributed by atoms with Gasteiger partial charge in [0, 0.05) is 17.8 Å². The van der Waals surface area contributed by atoms with E-state index in [9.17, 15) is 0 Å². The quantitative estimate of drug-likeness (QED) is 0.754. The molecule has 0 amide bonds. The minimum atomic E-state index is 0.511. The van der Waals surface area contributed by atoms with Crippen LogP contribution in [0.2, 0.25) is 0 Å². The Bertz CT molecular complexity index is 546. The van der Waals surface area contributed by atoms with Gasteiger partial charge in [0.2, 0.25) is 0 Å². The van der Waals surface area contributed by atoms with E-state index in [0.717, 1.165) is 22.7 Å². The van der Waals surface area contributed by atoms with E-state index in [4.69, 9.17) is 0 Å². The Kier molecular flexibility index (Phi) is 5.49. The Hall–Kier alpha value is -1.00. The first-order chi connectivity index (χ1) is 9.62. The molecule has 0 bridgehead atoms. The Morgan fingerprint density at radius 1 is 1.30 bits per heavy atom. The van der Waals surface area contributed by atoms with Gasteiger partial charge in [-0.2, -0.15) is 0 Å². The molecule has 0 fully saturated rings. The summed E-state index contributed by atoms with van der Waals surface area (Å²) in [6.45, 7) is 9.85. The third-order valence-corrected chi connectivity index (χ3v) is 4.59. The van der Waals surface area contributed by atoms with Crippen molar-refractivity contribution in [3.8, 4) is 0 Å². The number of rotatable bonds is 7. The standard InChI is InChI=1S/C16H25N3S/c1-5-13(6-2)17-10-12(4)20-16-18-14-8-7-11(3)9-15(14)19-16/h7-9,12-13,17H,5-6,10H2,1-4H3,(H,18,19). The number of imidazole rings is 1. The number of hydrogen-bond donors (Lipinski definition) is 2. The molecular weight excluding hydrogens is 266 g/mol. The molecule has 1 aromatic heterocycles. The minimum absolute atomic E-state index is 0.511. The van der Waals surface area contributed by atoms with E-state index in [2.05, 4.69) is 61.2 Å². The van der Waals surface area contributed by atoms with Crippen molar-refractivity contribution < 1.29 is 0 Å². The number of nitrogens with one attached hydrogen (secondary N) is 2. The molecule has 110 valence electrons. The number of aromatic amines is 1. The van der Waals surface area contributed by atoms with Crippen LogP contribution in [0.5, 0.6) is 0 Å². The Morgan fingerprint density at radius 2 is 2.05 bits per heavy atom. The average Bonchev–Trinajstić information content (AvgIpc) is 2.81. The first-order valence-corrected chi connectivity index (χ1v) is 8.36. The molecule has 4 heteroatoms. The van der Waals surface area contributed by atoms with Crippen LogP contribution in [0.1, 0.15) is 39.2 Å². The molecule has 1 heterocycles. The number of H-pyrrole nitrogens is 1. The molecule has 1 atom stereocenters. The topological polar surface area (TPSA) is 40.7 Å². The van der Waals surface area contributed by atoms with Gasteiger partial charge in [0.1, 0.15) is 0 Å². The summed E-state index contributed by atoms with van der Waals surface area (Å²) in [5, 5.41) is 5.15. The lowest BCUT2D eigenvalue weighted by atomic mass is 10.2. The van der Waals surface area contributed by atoms with Crippen molar-refractivity contribution >= 4 is 22.8 Å². The number of thioether (sulfide) groups is 1. The highest BCUT2D eigenvalue weighted by Gasteiger charge is 2.10. The van der Waals surface area contributed by atoms with Crippen molar-refractivity contribution in [2.24, 2.45) is 0 Å². The Labute approximate surface area is 125 Å². The SMILES string of the molecule is CCC(CC)NCC(C)Sc1nc2ccc(C)cc2[nH]1. The third-order valence-electron chi connectivity index (χ3n) is 3.61. The first kappa shape index (κ1) is 15.4. The van der Waals surface area contributed by atoms with Crippen LogP contribution in [0, 0.1) is 6.92 Å². The maximum absolute atomic E-state index is 4.64. The van der Waals surface area contributed by atoms with Gasteiger partial charge in [-0.3, -0.25) is 0 Å². The van der Waals surface area contributed by atoms with E-state index in [1.807, 2.05) is 11.8 Å². The van der Waals surface area contributed by atoms with E-state index in [-0.39, 0.29) is 0 Å². The summed E-state index contributed by atoms with van der Waals surface area (Å²) >= 11 is 1.81. The lowest BCUT2D eigenvalue weighted by Gasteiger charge is -2.17. The number of nitrogens with zero attached hydrogens (tertiary/aromatic N) is 1. The molecule has 0 saturated carbocycles. The summed E-state index contributed by atoms with van der Waals surface area (Å²) in [6, 6.07) is 6.98. The van der Waals surface area contributed by atoms with Crippen LogP contribution >= 0.6 is 11.8 Å². The summed E-state index contributed by atoms with van der Waals surface area (Å²) in [5.74, 6) is 0. The molecule has 2 aromatic rings. The molecule has 0 radical (unpaired) electrons. The highest BCUT2D eigenvalue weighted by molar-refractivity contribution is 7.99. The van der Waals surface area contributed by atoms with E-state index in [1.165, 1.54) is 18.4 Å². The minimum Gasteiger partial charge on any atom is -0.333 e. The summed E-state index contributed by atoms with van der Waals surface area (Å²) in [4.78, 5) is 8.05. The summed E-state index contributed by atoms with van der Waals surface area (Å²) < 4.78 is 0. The Morgan fingerprint density at radius 3 is 2.75 bits per heavy atom. The predicted molar refractivity (Wildman–Crippen MR) is 88.5 cm³/mol. The van der Waals surface area contributed by atoms with Gasteiger partial charge in [-0.15, -0.1) is 0 Å². The molecule has 0 aliphatic rings. The number of aromatic nitrogens is 2. The van der Waals surface area contributed by atoms with Crippen LogP contribution in [-0.4, -0.2) is 27.8 Å². The number of aryl methyl sites for hydroxylation is 1. The van der Waals surface area contributed by atoms with Crippen molar-refractivity contribution in [1.82, 2.24) is 15.3 Å². The van der Waals surface area contributed by atoms with E-state index in [1.54, 1.807) is 0 Å². The number of benzene rings is 1. The highest BCUT2D eigenvalue weighted by atomic mass is 32.2. The van der Waals surface area contributed by atoms with Crippen LogP contribution in [0.15, 0.2) is 23.4 Å². The predicted octanol–water partition coefficient (Wildman–Crippen LogP) is 4.13. The van der Waals surface area contributed by atoms with Crippen molar-refractivity contribution in [2.45, 2.75) is 57.0 Å². The van der Waals surface area contributed by atoms with Crippen LogP contribution in [0.4, 0.5) is 0 Å². The molecule has 20 heavy (non-hydrogen) atoms. The van der Waals surface area contributed by atoms with Crippen LogP contribution < -0.4 is 5.32 Å². The maximum Gasteiger partial charge on any atom is 0.166 e. The van der Waals surface area contributed by atoms with Crippen molar-refractivity contribution in [3.63, 3.8) is 0 Å². The van der Waals surface area contributed by atoms with Gasteiger partial charge in [-0.25, -0.2) is 4.98 Å². The number of fused-ring (bicyclic) bond motifs is 1. The largest absolute Gasteiger partial charge is 0.333 e. The molecule has 0 aliphatic carbocycles. The van der Waals surface area contributed by atoms with Crippen molar-refractivity contribution in [1.29, 1.82) is 0 Å². The summed E-state index contributed by atoms with van der Waals surface area (Å²) in [7, 11) is 0. The zero-order chi connectivity index (χ0) is 14.5. The van der Waals surface area contributed by atoms with Gasteiger partial charge < -0.3 is 10.3 Å². The lowest BCUT2D eigenvalue weighted by Crippen LogP contribution is -2.32. The Balaban J connectivity index is 1.94. The zero-order valence-corrected chi connectivity index (χ0v) is 13.7. The third kappa shape index (κ3) is 4.00. The van der Waals surface area contributed by atoms with E-state index >= 15 is 0 Å². The second-order valence-electron chi connectivity index (χ2n) is 5.41. The first-order valence-electron chi connectivity index (χ1n) is 7.48. The van der Waals surface area contributed by atoms with Crippen LogP contribution in [0.25, 0.3) is 11.0 Å². The molecule has 3 nitrogen and oxygen atoms in total. The molecule has 0 aliphatic heterocycles. The normalized spacial score (nSPS) is 13.2. The smallest absolute Gasteiger partial charge is 0.166 e. The molecule has 1 aromatic carbocycles. The molecule has 2 N–H and O–H groups in total. The summed E-state index contributed by atoms with van der Waals surface area (Å²) in [6.07, 6.45) is 2.38. The molecule has 0 spiro atoms. The van der Waals surface area contributed by atoms with Gasteiger partial charge in [0.05, 0.1) is 11.0 Å². The highest BCUT2D eigenvalue weighted by Crippen LogP contribution is 2.23. The fourth-order valence-electron chi connectivity index (χ4n) is 2.30. The van der Waals surface area contributed by atoms with Crippen molar-refractivity contribution in [3.05, 3.63) is 23.8 Å². The second kappa shape index (κ2) is 7.14. The monoisotopic (exact) mass is 291 g/mol. The van der Waals surface area contributed by atoms with Crippen LogP contribution in [0.3, 0.4) is 0 Å². The van der Waals surface area contributed by atoms with Gasteiger partial charge in [0.25, 0.3) is 0 Å². The molecule has 2 rings (SSSR count).